The van der Waals surface area contributed by atoms with Crippen LogP contribution in [0.1, 0.15) is 5.56 Å². The Morgan fingerprint density at radius 1 is 1.12 bits per heavy atom. The van der Waals surface area contributed by atoms with Gasteiger partial charge in [-0.05, 0) is 42.8 Å². The van der Waals surface area contributed by atoms with E-state index in [0.29, 0.717) is 33.1 Å². The molecular weight excluding hydrogens is 354 g/mol. The van der Waals surface area contributed by atoms with E-state index in [2.05, 4.69) is 14.7 Å². The summed E-state index contributed by atoms with van der Waals surface area (Å²) in [4.78, 5) is 16.5. The van der Waals surface area contributed by atoms with E-state index < -0.39 is 15.7 Å². The van der Waals surface area contributed by atoms with Crippen molar-refractivity contribution in [1.29, 1.82) is 0 Å². The molecule has 24 heavy (non-hydrogen) atoms. The van der Waals surface area contributed by atoms with Crippen molar-refractivity contribution < 1.29 is 13.2 Å². The first-order valence-corrected chi connectivity index (χ1v) is 8.75. The van der Waals surface area contributed by atoms with Crippen LogP contribution in [0.5, 0.6) is 5.75 Å². The summed E-state index contributed by atoms with van der Waals surface area (Å²) in [7, 11) is -2.37. The quantitative estimate of drug-likeness (QED) is 0.659. The van der Waals surface area contributed by atoms with Crippen molar-refractivity contribution in [3.63, 3.8) is 0 Å². The fourth-order valence-electron chi connectivity index (χ4n) is 2.40. The molecule has 0 amide bonds. The fourth-order valence-corrected chi connectivity index (χ4v) is 3.96. The highest BCUT2D eigenvalue weighted by molar-refractivity contribution is 7.92. The summed E-state index contributed by atoms with van der Waals surface area (Å²) in [6.45, 7) is 1.65. The molecule has 0 radical (unpaired) electrons. The summed E-state index contributed by atoms with van der Waals surface area (Å²) in [5, 5.41) is 0.292. The van der Waals surface area contributed by atoms with Crippen molar-refractivity contribution in [3.05, 3.63) is 51.4 Å². The van der Waals surface area contributed by atoms with Gasteiger partial charge in [-0.15, -0.1) is 0 Å². The number of aryl methyl sites for hydroxylation is 1. The molecule has 0 fully saturated rings. The van der Waals surface area contributed by atoms with Gasteiger partial charge in [0.15, 0.2) is 0 Å². The van der Waals surface area contributed by atoms with Crippen molar-refractivity contribution in [2.45, 2.75) is 11.8 Å². The lowest BCUT2D eigenvalue weighted by molar-refractivity contribution is 0.415. The second-order valence-electron chi connectivity index (χ2n) is 5.20. The van der Waals surface area contributed by atoms with Crippen molar-refractivity contribution >= 4 is 38.3 Å². The average Bonchev–Trinajstić information content (AvgIpc) is 2.85. The van der Waals surface area contributed by atoms with E-state index in [0.717, 1.165) is 0 Å². The van der Waals surface area contributed by atoms with Gasteiger partial charge in [-0.2, -0.15) is 0 Å². The third kappa shape index (κ3) is 2.98. The maximum Gasteiger partial charge on any atom is 0.323 e. The van der Waals surface area contributed by atoms with Crippen molar-refractivity contribution in [1.82, 2.24) is 9.97 Å². The number of H-pyrrole nitrogens is 2. The molecule has 0 saturated heterocycles. The van der Waals surface area contributed by atoms with Crippen molar-refractivity contribution in [2.24, 2.45) is 0 Å². The zero-order chi connectivity index (χ0) is 17.5. The number of imidazole rings is 1. The molecule has 7 nitrogen and oxygen atoms in total. The van der Waals surface area contributed by atoms with Crippen LogP contribution in [-0.4, -0.2) is 25.5 Å². The molecule has 3 aromatic rings. The number of aromatic amines is 2. The number of sulfonamides is 1. The Balaban J connectivity index is 2.02. The van der Waals surface area contributed by atoms with E-state index in [4.69, 9.17) is 16.3 Å². The lowest BCUT2D eigenvalue weighted by Gasteiger charge is -2.12. The van der Waals surface area contributed by atoms with Gasteiger partial charge in [-0.1, -0.05) is 11.6 Å². The number of hydrogen-bond acceptors (Lipinski definition) is 4. The molecule has 1 heterocycles. The normalized spacial score (nSPS) is 11.6. The number of methoxy groups -OCH3 is 1. The SMILES string of the molecule is COc1ccc(NS(=O)(=O)c2cc3[nH]c(=O)[nH]c3cc2C)cc1Cl. The van der Waals surface area contributed by atoms with E-state index in [1.54, 1.807) is 25.1 Å². The fraction of sp³-hybridized carbons (Fsp3) is 0.133. The number of anilines is 1. The van der Waals surface area contributed by atoms with Gasteiger partial charge in [0, 0.05) is 0 Å². The van der Waals surface area contributed by atoms with Crippen LogP contribution in [0.4, 0.5) is 5.69 Å². The first-order valence-electron chi connectivity index (χ1n) is 6.89. The van der Waals surface area contributed by atoms with Crippen LogP contribution in [0, 0.1) is 6.92 Å². The van der Waals surface area contributed by atoms with E-state index in [1.165, 1.54) is 19.2 Å². The predicted octanol–water partition coefficient (Wildman–Crippen LogP) is 2.63. The van der Waals surface area contributed by atoms with Crippen LogP contribution >= 0.6 is 11.6 Å². The Bertz CT molecular complexity index is 1090. The maximum absolute atomic E-state index is 12.7. The Labute approximate surface area is 142 Å². The lowest BCUT2D eigenvalue weighted by atomic mass is 10.2. The second-order valence-corrected chi connectivity index (χ2v) is 7.26. The minimum atomic E-state index is -3.85. The third-order valence-corrected chi connectivity index (χ3v) is 5.32. The lowest BCUT2D eigenvalue weighted by Crippen LogP contribution is -2.14. The number of ether oxygens (including phenoxy) is 1. The first kappa shape index (κ1) is 16.4. The molecule has 1 aromatic heterocycles. The zero-order valence-electron chi connectivity index (χ0n) is 12.8. The Hall–Kier alpha value is -2.45. The molecule has 0 spiro atoms. The first-order chi connectivity index (χ1) is 11.3. The number of aromatic nitrogens is 2. The molecule has 0 aliphatic heterocycles. The second kappa shape index (κ2) is 5.88. The van der Waals surface area contributed by atoms with Gasteiger partial charge in [0.05, 0.1) is 33.7 Å². The minimum Gasteiger partial charge on any atom is -0.495 e. The molecule has 0 unspecified atom stereocenters. The summed E-state index contributed by atoms with van der Waals surface area (Å²) >= 11 is 6.01. The Morgan fingerprint density at radius 3 is 2.42 bits per heavy atom. The molecule has 0 aliphatic rings. The third-order valence-electron chi connectivity index (χ3n) is 3.51. The van der Waals surface area contributed by atoms with Gasteiger partial charge in [-0.25, -0.2) is 13.2 Å². The molecule has 3 N–H and O–H groups in total. The van der Waals surface area contributed by atoms with Gasteiger partial charge in [0.2, 0.25) is 0 Å². The molecule has 0 saturated carbocycles. The monoisotopic (exact) mass is 367 g/mol. The number of halogens is 1. The van der Waals surface area contributed by atoms with Crippen LogP contribution in [0.3, 0.4) is 0 Å². The summed E-state index contributed by atoms with van der Waals surface area (Å²) < 4.78 is 32.8. The number of hydrogen-bond donors (Lipinski definition) is 3. The van der Waals surface area contributed by atoms with E-state index in [9.17, 15) is 13.2 Å². The predicted molar refractivity (Wildman–Crippen MR) is 92.5 cm³/mol. The standard InChI is InChI=1S/C15H14ClN3O4S/c1-8-5-11-12(18-15(20)17-11)7-14(8)24(21,22)19-9-3-4-13(23-2)10(16)6-9/h3-7,19H,1-2H3,(H2,17,18,20). The van der Waals surface area contributed by atoms with E-state index >= 15 is 0 Å². The largest absolute Gasteiger partial charge is 0.495 e. The van der Waals surface area contributed by atoms with Crippen molar-refractivity contribution in [2.75, 3.05) is 11.8 Å². The maximum atomic E-state index is 12.7. The van der Waals surface area contributed by atoms with E-state index in [-0.39, 0.29) is 4.90 Å². The minimum absolute atomic E-state index is 0.0668. The summed E-state index contributed by atoms with van der Waals surface area (Å²) in [6.07, 6.45) is 0. The molecule has 0 atom stereocenters. The molecular formula is C15H14ClN3O4S. The van der Waals surface area contributed by atoms with Crippen LogP contribution in [0.25, 0.3) is 11.0 Å². The number of nitrogens with one attached hydrogen (secondary N) is 3. The molecule has 2 aromatic carbocycles. The van der Waals surface area contributed by atoms with Crippen molar-refractivity contribution in [3.8, 4) is 5.75 Å². The van der Waals surface area contributed by atoms with Gasteiger partial charge in [-0.3, -0.25) is 4.72 Å². The average molecular weight is 368 g/mol. The highest BCUT2D eigenvalue weighted by Crippen LogP contribution is 2.29. The van der Waals surface area contributed by atoms with Gasteiger partial charge < -0.3 is 14.7 Å². The van der Waals surface area contributed by atoms with E-state index in [1.807, 2.05) is 0 Å². The highest BCUT2D eigenvalue weighted by atomic mass is 35.5. The van der Waals surface area contributed by atoms with Crippen LogP contribution in [-0.2, 0) is 10.0 Å². The molecule has 0 bridgehead atoms. The zero-order valence-corrected chi connectivity index (χ0v) is 14.4. The van der Waals surface area contributed by atoms with Gasteiger partial charge in [0.1, 0.15) is 5.75 Å². The Morgan fingerprint density at radius 2 is 1.79 bits per heavy atom. The van der Waals surface area contributed by atoms with Gasteiger partial charge >= 0.3 is 5.69 Å². The number of benzene rings is 2. The smallest absolute Gasteiger partial charge is 0.323 e. The topological polar surface area (TPSA) is 104 Å². The summed E-state index contributed by atoms with van der Waals surface area (Å²) in [5.74, 6) is 0.446. The Kier molecular flexibility index (Phi) is 4.02. The van der Waals surface area contributed by atoms with Crippen LogP contribution < -0.4 is 15.1 Å². The van der Waals surface area contributed by atoms with Gasteiger partial charge in [0.25, 0.3) is 10.0 Å². The molecule has 3 rings (SSSR count). The molecule has 9 heteroatoms. The summed E-state index contributed by atoms with van der Waals surface area (Å²) in [6, 6.07) is 7.59. The highest BCUT2D eigenvalue weighted by Gasteiger charge is 2.19. The molecule has 0 aliphatic carbocycles. The van der Waals surface area contributed by atoms with Crippen LogP contribution in [0.2, 0.25) is 5.02 Å². The summed E-state index contributed by atoms with van der Waals surface area (Å²) in [5.41, 5.74) is 1.38. The number of rotatable bonds is 4. The molecule has 126 valence electrons. The van der Waals surface area contributed by atoms with Crippen LogP contribution in [0.15, 0.2) is 40.0 Å². The number of fused-ring (bicyclic) bond motifs is 1.